The molecule has 3 heteroatoms. The van der Waals surface area contributed by atoms with Crippen molar-refractivity contribution in [1.82, 2.24) is 0 Å². The van der Waals surface area contributed by atoms with E-state index >= 15 is 0 Å². The Hall–Kier alpha value is -0.830. The molecule has 1 N–H and O–H groups in total. The van der Waals surface area contributed by atoms with Crippen LogP contribution < -0.4 is 0 Å². The fourth-order valence-electron chi connectivity index (χ4n) is 2.69. The molecule has 0 aliphatic carbocycles. The van der Waals surface area contributed by atoms with Crippen LogP contribution in [-0.4, -0.2) is 24.3 Å². The van der Waals surface area contributed by atoms with Crippen LogP contribution in [0.3, 0.4) is 0 Å². The zero-order valence-electron chi connectivity index (χ0n) is 15.2. The third-order valence-electron chi connectivity index (χ3n) is 4.07. The van der Waals surface area contributed by atoms with E-state index in [4.69, 9.17) is 9.84 Å². The van der Waals surface area contributed by atoms with Gasteiger partial charge in [-0.1, -0.05) is 76.7 Å². The second kappa shape index (κ2) is 19.2. The number of hydrogen-bond acceptors (Lipinski definition) is 3. The molecule has 23 heavy (non-hydrogen) atoms. The van der Waals surface area contributed by atoms with E-state index < -0.39 is 0 Å². The van der Waals surface area contributed by atoms with Crippen molar-refractivity contribution in [3.8, 4) is 0 Å². The summed E-state index contributed by atoms with van der Waals surface area (Å²) in [5.74, 6) is -0.221. The van der Waals surface area contributed by atoms with Crippen LogP contribution in [0.2, 0.25) is 0 Å². The van der Waals surface area contributed by atoms with Gasteiger partial charge in [0.1, 0.15) is 0 Å². The molecule has 0 rings (SSSR count). The fourth-order valence-corrected chi connectivity index (χ4v) is 2.69. The first kappa shape index (κ1) is 22.2. The van der Waals surface area contributed by atoms with Crippen molar-refractivity contribution in [3.05, 3.63) is 12.2 Å². The van der Waals surface area contributed by atoms with E-state index in [1.165, 1.54) is 77.0 Å². The van der Waals surface area contributed by atoms with Crippen molar-refractivity contribution in [2.75, 3.05) is 13.2 Å². The van der Waals surface area contributed by atoms with Crippen molar-refractivity contribution in [3.63, 3.8) is 0 Å². The zero-order chi connectivity index (χ0) is 17.0. The highest BCUT2D eigenvalue weighted by molar-refractivity contribution is 5.81. The Bertz CT molecular complexity index is 274. The lowest BCUT2D eigenvalue weighted by Crippen LogP contribution is -1.98. The molecule has 0 fully saturated rings. The minimum Gasteiger partial charge on any atom is -0.463 e. The van der Waals surface area contributed by atoms with Crippen LogP contribution in [0.25, 0.3) is 0 Å². The molecule has 0 aliphatic heterocycles. The van der Waals surface area contributed by atoms with Crippen LogP contribution in [0, 0.1) is 0 Å². The quantitative estimate of drug-likeness (QED) is 0.216. The minimum absolute atomic E-state index is 0.221. The summed E-state index contributed by atoms with van der Waals surface area (Å²) < 4.78 is 4.83. The number of rotatable bonds is 17. The Morgan fingerprint density at radius 1 is 0.783 bits per heavy atom. The van der Waals surface area contributed by atoms with Gasteiger partial charge >= 0.3 is 5.97 Å². The molecule has 0 unspecified atom stereocenters. The normalized spacial score (nSPS) is 11.2. The maximum Gasteiger partial charge on any atom is 0.330 e. The van der Waals surface area contributed by atoms with Crippen LogP contribution in [0.15, 0.2) is 12.2 Å². The molecule has 0 saturated heterocycles. The number of aliphatic hydroxyl groups is 1. The van der Waals surface area contributed by atoms with Gasteiger partial charge in [-0.25, -0.2) is 4.79 Å². The average molecular weight is 327 g/mol. The zero-order valence-corrected chi connectivity index (χ0v) is 15.2. The summed E-state index contributed by atoms with van der Waals surface area (Å²) in [7, 11) is 0. The molecule has 0 aliphatic rings. The molecule has 0 amide bonds. The lowest BCUT2D eigenvalue weighted by Gasteiger charge is -2.02. The highest BCUT2D eigenvalue weighted by Gasteiger charge is 1.95. The summed E-state index contributed by atoms with van der Waals surface area (Å²) in [5, 5.41) is 8.69. The molecule has 0 saturated carbocycles. The van der Waals surface area contributed by atoms with Gasteiger partial charge in [0.15, 0.2) is 0 Å². The number of allylic oxidation sites excluding steroid dienone is 1. The second-order valence-corrected chi connectivity index (χ2v) is 6.26. The molecule has 3 nitrogen and oxygen atoms in total. The number of esters is 1. The van der Waals surface area contributed by atoms with Crippen LogP contribution in [-0.2, 0) is 9.53 Å². The third-order valence-corrected chi connectivity index (χ3v) is 4.07. The first-order valence-corrected chi connectivity index (χ1v) is 9.75. The van der Waals surface area contributed by atoms with Gasteiger partial charge in [-0.05, 0) is 26.2 Å². The van der Waals surface area contributed by atoms with Gasteiger partial charge in [0.2, 0.25) is 0 Å². The molecule has 0 spiro atoms. The van der Waals surface area contributed by atoms with Crippen LogP contribution in [0.4, 0.5) is 0 Å². The van der Waals surface area contributed by atoms with Crippen molar-refractivity contribution < 1.29 is 14.6 Å². The van der Waals surface area contributed by atoms with Crippen molar-refractivity contribution in [1.29, 1.82) is 0 Å². The van der Waals surface area contributed by atoms with E-state index in [2.05, 4.69) is 0 Å². The summed E-state index contributed by atoms with van der Waals surface area (Å²) in [6.07, 6.45) is 21.2. The molecule has 0 heterocycles. The topological polar surface area (TPSA) is 46.5 Å². The highest BCUT2D eigenvalue weighted by Crippen LogP contribution is 2.13. The number of hydrogen-bond donors (Lipinski definition) is 1. The smallest absolute Gasteiger partial charge is 0.330 e. The predicted octanol–water partition coefficient (Wildman–Crippen LogP) is 5.56. The van der Waals surface area contributed by atoms with Crippen LogP contribution in [0.1, 0.15) is 96.8 Å². The van der Waals surface area contributed by atoms with Gasteiger partial charge in [0.25, 0.3) is 0 Å². The molecular formula is C20H38O3. The van der Waals surface area contributed by atoms with Gasteiger partial charge in [0.05, 0.1) is 6.61 Å². The van der Waals surface area contributed by atoms with E-state index in [-0.39, 0.29) is 5.97 Å². The third kappa shape index (κ3) is 19.1. The molecule has 0 atom stereocenters. The summed E-state index contributed by atoms with van der Waals surface area (Å²) in [5.41, 5.74) is 0. The molecule has 0 bridgehead atoms. The SMILES string of the molecule is CCOC(=O)/C=C/CCCCCCCCCCCCCCCO. The molecule has 0 aromatic rings. The molecule has 0 aromatic carbocycles. The molecule has 0 radical (unpaired) electrons. The van der Waals surface area contributed by atoms with Gasteiger partial charge in [-0.15, -0.1) is 0 Å². The number of unbranched alkanes of at least 4 members (excludes halogenated alkanes) is 13. The van der Waals surface area contributed by atoms with Gasteiger partial charge in [0, 0.05) is 12.7 Å². The average Bonchev–Trinajstić information content (AvgIpc) is 2.54. The van der Waals surface area contributed by atoms with Crippen molar-refractivity contribution in [2.24, 2.45) is 0 Å². The fraction of sp³-hybridized carbons (Fsp3) is 0.850. The Balaban J connectivity index is 3.09. The second-order valence-electron chi connectivity index (χ2n) is 6.26. The van der Waals surface area contributed by atoms with Gasteiger partial charge < -0.3 is 9.84 Å². The molecule has 0 aromatic heterocycles. The lowest BCUT2D eigenvalue weighted by atomic mass is 10.0. The van der Waals surface area contributed by atoms with Crippen LogP contribution in [0.5, 0.6) is 0 Å². The van der Waals surface area contributed by atoms with E-state index in [0.29, 0.717) is 13.2 Å². The summed E-state index contributed by atoms with van der Waals surface area (Å²) >= 11 is 0. The van der Waals surface area contributed by atoms with E-state index in [9.17, 15) is 4.79 Å². The predicted molar refractivity (Wildman–Crippen MR) is 97.5 cm³/mol. The number of carbonyl (C=O) groups excluding carboxylic acids is 1. The van der Waals surface area contributed by atoms with Gasteiger partial charge in [-0.2, -0.15) is 0 Å². The monoisotopic (exact) mass is 326 g/mol. The Kier molecular flexibility index (Phi) is 18.5. The van der Waals surface area contributed by atoms with E-state index in [1.807, 2.05) is 13.0 Å². The van der Waals surface area contributed by atoms with E-state index in [1.54, 1.807) is 6.08 Å². The van der Waals surface area contributed by atoms with E-state index in [0.717, 1.165) is 12.8 Å². The maximum absolute atomic E-state index is 11.1. The number of aliphatic hydroxyl groups excluding tert-OH is 1. The lowest BCUT2D eigenvalue weighted by molar-refractivity contribution is -0.137. The Morgan fingerprint density at radius 3 is 1.65 bits per heavy atom. The largest absolute Gasteiger partial charge is 0.463 e. The molecular weight excluding hydrogens is 288 g/mol. The Morgan fingerprint density at radius 2 is 1.22 bits per heavy atom. The Labute approximate surface area is 143 Å². The number of carbonyl (C=O) groups is 1. The van der Waals surface area contributed by atoms with Crippen molar-refractivity contribution in [2.45, 2.75) is 96.8 Å². The van der Waals surface area contributed by atoms with Crippen molar-refractivity contribution >= 4 is 5.97 Å². The highest BCUT2D eigenvalue weighted by atomic mass is 16.5. The minimum atomic E-state index is -0.221. The standard InChI is InChI=1S/C20H38O3/c1-2-23-20(22)18-16-14-12-10-8-6-4-3-5-7-9-11-13-15-17-19-21/h16,18,21H,2-15,17,19H2,1H3/b18-16+. The summed E-state index contributed by atoms with van der Waals surface area (Å²) in [6, 6.07) is 0. The maximum atomic E-state index is 11.1. The van der Waals surface area contributed by atoms with Gasteiger partial charge in [-0.3, -0.25) is 0 Å². The number of ether oxygens (including phenoxy) is 1. The first-order chi connectivity index (χ1) is 11.3. The van der Waals surface area contributed by atoms with Crippen LogP contribution >= 0.6 is 0 Å². The molecule has 136 valence electrons. The summed E-state index contributed by atoms with van der Waals surface area (Å²) in [6.45, 7) is 2.62. The first-order valence-electron chi connectivity index (χ1n) is 9.75. The summed E-state index contributed by atoms with van der Waals surface area (Å²) in [4.78, 5) is 11.1.